The van der Waals surface area contributed by atoms with E-state index in [1.54, 1.807) is 37.3 Å². The summed E-state index contributed by atoms with van der Waals surface area (Å²) in [4.78, 5) is 23.0. The lowest BCUT2D eigenvalue weighted by Crippen LogP contribution is -2.15. The molecule has 0 saturated carbocycles. The molecule has 0 atom stereocenters. The largest absolute Gasteiger partial charge is 0.508 e. The van der Waals surface area contributed by atoms with Gasteiger partial charge in [-0.25, -0.2) is 4.79 Å². The predicted molar refractivity (Wildman–Crippen MR) is 83.2 cm³/mol. The summed E-state index contributed by atoms with van der Waals surface area (Å²) in [6, 6.07) is 11.5. The van der Waals surface area contributed by atoms with Crippen molar-refractivity contribution in [3.05, 3.63) is 59.2 Å². The molecular weight excluding hydrogens is 282 g/mol. The molecular formula is C17H17NO4. The summed E-state index contributed by atoms with van der Waals surface area (Å²) in [5.74, 6) is -1.10. The van der Waals surface area contributed by atoms with Gasteiger partial charge < -0.3 is 15.5 Å². The molecule has 0 aliphatic heterocycles. The Morgan fingerprint density at radius 3 is 2.55 bits per heavy atom. The number of benzene rings is 2. The average Bonchev–Trinajstić information content (AvgIpc) is 2.49. The SMILES string of the molecule is Cc1cc(CCC(=O)Nc2ccccc2C(=O)O)ccc1O. The molecule has 0 aliphatic carbocycles. The second-order valence-electron chi connectivity index (χ2n) is 5.02. The van der Waals surface area contributed by atoms with Crippen molar-refractivity contribution in [2.45, 2.75) is 19.8 Å². The summed E-state index contributed by atoms with van der Waals surface area (Å²) in [5.41, 5.74) is 2.06. The van der Waals surface area contributed by atoms with E-state index in [4.69, 9.17) is 5.11 Å². The third-order valence-electron chi connectivity index (χ3n) is 3.33. The number of rotatable bonds is 5. The van der Waals surface area contributed by atoms with Crippen LogP contribution < -0.4 is 5.32 Å². The molecule has 22 heavy (non-hydrogen) atoms. The Morgan fingerprint density at radius 1 is 1.14 bits per heavy atom. The summed E-state index contributed by atoms with van der Waals surface area (Å²) in [5, 5.41) is 21.2. The Bertz CT molecular complexity index is 710. The summed E-state index contributed by atoms with van der Waals surface area (Å²) >= 11 is 0. The number of carbonyl (C=O) groups is 2. The highest BCUT2D eigenvalue weighted by Crippen LogP contribution is 2.19. The number of phenolic OH excluding ortho intramolecular Hbond substituents is 1. The Morgan fingerprint density at radius 2 is 1.86 bits per heavy atom. The van der Waals surface area contributed by atoms with Crippen LogP contribution in [0.5, 0.6) is 5.75 Å². The number of aryl methyl sites for hydroxylation is 2. The first kappa shape index (κ1) is 15.6. The number of carbonyl (C=O) groups excluding carboxylic acids is 1. The zero-order valence-electron chi connectivity index (χ0n) is 12.2. The molecule has 1 amide bonds. The number of carboxylic acids is 1. The van der Waals surface area contributed by atoms with Crippen LogP contribution >= 0.6 is 0 Å². The highest BCUT2D eigenvalue weighted by molar-refractivity contribution is 6.00. The normalized spacial score (nSPS) is 10.2. The molecule has 0 fully saturated rings. The maximum atomic E-state index is 12.0. The van der Waals surface area contributed by atoms with Crippen LogP contribution in [0.4, 0.5) is 5.69 Å². The molecule has 2 aromatic carbocycles. The fraction of sp³-hybridized carbons (Fsp3) is 0.176. The van der Waals surface area contributed by atoms with Crippen LogP contribution in [-0.2, 0) is 11.2 Å². The van der Waals surface area contributed by atoms with Gasteiger partial charge in [0.1, 0.15) is 5.75 Å². The number of aromatic carboxylic acids is 1. The van der Waals surface area contributed by atoms with Gasteiger partial charge in [0.05, 0.1) is 11.3 Å². The van der Waals surface area contributed by atoms with Crippen molar-refractivity contribution in [3.63, 3.8) is 0 Å². The molecule has 0 saturated heterocycles. The summed E-state index contributed by atoms with van der Waals surface area (Å²) in [6.45, 7) is 1.79. The van der Waals surface area contributed by atoms with Crippen molar-refractivity contribution in [1.82, 2.24) is 0 Å². The van der Waals surface area contributed by atoms with Gasteiger partial charge in [0.25, 0.3) is 0 Å². The molecule has 0 aromatic heterocycles. The number of amides is 1. The van der Waals surface area contributed by atoms with Crippen LogP contribution in [0.15, 0.2) is 42.5 Å². The van der Waals surface area contributed by atoms with Crippen molar-refractivity contribution >= 4 is 17.6 Å². The smallest absolute Gasteiger partial charge is 0.337 e. The third-order valence-corrected chi connectivity index (χ3v) is 3.33. The monoisotopic (exact) mass is 299 g/mol. The maximum absolute atomic E-state index is 12.0. The molecule has 0 spiro atoms. The summed E-state index contributed by atoms with van der Waals surface area (Å²) < 4.78 is 0. The van der Waals surface area contributed by atoms with E-state index in [-0.39, 0.29) is 23.6 Å². The standard InChI is InChI=1S/C17H17NO4/c1-11-10-12(6-8-15(11)19)7-9-16(20)18-14-5-3-2-4-13(14)17(21)22/h2-6,8,10,19H,7,9H2,1H3,(H,18,20)(H,21,22). The van der Waals surface area contributed by atoms with Gasteiger partial charge in [0, 0.05) is 6.42 Å². The first-order valence-electron chi connectivity index (χ1n) is 6.88. The molecule has 0 radical (unpaired) electrons. The highest BCUT2D eigenvalue weighted by atomic mass is 16.4. The lowest BCUT2D eigenvalue weighted by Gasteiger charge is -2.08. The number of nitrogens with one attached hydrogen (secondary N) is 1. The van der Waals surface area contributed by atoms with Crippen LogP contribution in [0.1, 0.15) is 27.9 Å². The van der Waals surface area contributed by atoms with E-state index in [1.165, 1.54) is 6.07 Å². The number of aromatic hydroxyl groups is 1. The molecule has 2 rings (SSSR count). The van der Waals surface area contributed by atoms with Crippen molar-refractivity contribution in [3.8, 4) is 5.75 Å². The van der Waals surface area contributed by atoms with Crippen molar-refractivity contribution in [2.75, 3.05) is 5.32 Å². The van der Waals surface area contributed by atoms with Gasteiger partial charge in [0.15, 0.2) is 0 Å². The van der Waals surface area contributed by atoms with E-state index >= 15 is 0 Å². The van der Waals surface area contributed by atoms with E-state index in [9.17, 15) is 14.7 Å². The minimum Gasteiger partial charge on any atom is -0.508 e. The van der Waals surface area contributed by atoms with Crippen LogP contribution in [0, 0.1) is 6.92 Å². The Kier molecular flexibility index (Phi) is 4.78. The van der Waals surface area contributed by atoms with Gasteiger partial charge >= 0.3 is 5.97 Å². The molecule has 2 aromatic rings. The number of phenols is 1. The van der Waals surface area contributed by atoms with Crippen LogP contribution in [-0.4, -0.2) is 22.1 Å². The molecule has 3 N–H and O–H groups in total. The Labute approximate surface area is 128 Å². The van der Waals surface area contributed by atoms with Gasteiger partial charge in [-0.2, -0.15) is 0 Å². The molecule has 0 unspecified atom stereocenters. The minimum absolute atomic E-state index is 0.0660. The minimum atomic E-state index is -1.08. The first-order valence-corrected chi connectivity index (χ1v) is 6.88. The third kappa shape index (κ3) is 3.85. The molecule has 0 aliphatic rings. The average molecular weight is 299 g/mol. The first-order chi connectivity index (χ1) is 10.5. The van der Waals surface area contributed by atoms with Crippen LogP contribution in [0.25, 0.3) is 0 Å². The fourth-order valence-corrected chi connectivity index (χ4v) is 2.12. The topological polar surface area (TPSA) is 86.6 Å². The van der Waals surface area contributed by atoms with Gasteiger partial charge in [-0.05, 0) is 42.7 Å². The van der Waals surface area contributed by atoms with Gasteiger partial charge in [-0.3, -0.25) is 4.79 Å². The number of carboxylic acid groups (broad SMARTS) is 1. The number of hydrogen-bond donors (Lipinski definition) is 3. The van der Waals surface area contributed by atoms with Crippen LogP contribution in [0.3, 0.4) is 0 Å². The highest BCUT2D eigenvalue weighted by Gasteiger charge is 2.11. The zero-order chi connectivity index (χ0) is 16.1. The molecule has 5 nitrogen and oxygen atoms in total. The second kappa shape index (κ2) is 6.76. The van der Waals surface area contributed by atoms with E-state index in [1.807, 2.05) is 6.07 Å². The lowest BCUT2D eigenvalue weighted by molar-refractivity contribution is -0.116. The van der Waals surface area contributed by atoms with E-state index < -0.39 is 5.97 Å². The van der Waals surface area contributed by atoms with E-state index in [2.05, 4.69) is 5.32 Å². The fourth-order valence-electron chi connectivity index (χ4n) is 2.12. The second-order valence-corrected chi connectivity index (χ2v) is 5.02. The van der Waals surface area contributed by atoms with Crippen LogP contribution in [0.2, 0.25) is 0 Å². The predicted octanol–water partition coefficient (Wildman–Crippen LogP) is 2.97. The van der Waals surface area contributed by atoms with E-state index in [0.717, 1.165) is 11.1 Å². The van der Waals surface area contributed by atoms with Gasteiger partial charge in [-0.15, -0.1) is 0 Å². The lowest BCUT2D eigenvalue weighted by atomic mass is 10.1. The number of hydrogen-bond acceptors (Lipinski definition) is 3. The van der Waals surface area contributed by atoms with Crippen molar-refractivity contribution < 1.29 is 19.8 Å². The molecule has 0 bridgehead atoms. The van der Waals surface area contributed by atoms with Gasteiger partial charge in [0.2, 0.25) is 5.91 Å². The maximum Gasteiger partial charge on any atom is 0.337 e. The Hall–Kier alpha value is -2.82. The Balaban J connectivity index is 1.99. The number of anilines is 1. The molecule has 5 heteroatoms. The quantitative estimate of drug-likeness (QED) is 0.792. The zero-order valence-corrected chi connectivity index (χ0v) is 12.2. The molecule has 114 valence electrons. The summed E-state index contributed by atoms with van der Waals surface area (Å²) in [7, 11) is 0. The van der Waals surface area contributed by atoms with Crippen molar-refractivity contribution in [2.24, 2.45) is 0 Å². The van der Waals surface area contributed by atoms with Crippen molar-refractivity contribution in [1.29, 1.82) is 0 Å². The number of para-hydroxylation sites is 1. The van der Waals surface area contributed by atoms with E-state index in [0.29, 0.717) is 12.1 Å². The summed E-state index contributed by atoms with van der Waals surface area (Å²) in [6.07, 6.45) is 0.750. The van der Waals surface area contributed by atoms with Gasteiger partial charge in [-0.1, -0.05) is 24.3 Å². The molecule has 0 heterocycles.